The van der Waals surface area contributed by atoms with Crippen LogP contribution in [0.15, 0.2) is 55.6 Å². The third kappa shape index (κ3) is 8.74. The van der Waals surface area contributed by atoms with Gasteiger partial charge in [-0.2, -0.15) is 0 Å². The number of alkyl halides is 2. The van der Waals surface area contributed by atoms with Crippen LogP contribution in [0.1, 0.15) is 60.3 Å². The average molecular weight is 446 g/mol. The van der Waals surface area contributed by atoms with E-state index >= 15 is 0 Å². The molecule has 1 amide bonds. The summed E-state index contributed by atoms with van der Waals surface area (Å²) in [6.07, 6.45) is 1.12. The molecule has 0 fully saturated rings. The highest BCUT2D eigenvalue weighted by molar-refractivity contribution is 5.96. The summed E-state index contributed by atoms with van der Waals surface area (Å²) >= 11 is 0. The van der Waals surface area contributed by atoms with E-state index in [-0.39, 0.29) is 12.3 Å². The fourth-order valence-corrected chi connectivity index (χ4v) is 3.24. The number of hydrogen-bond acceptors (Lipinski definition) is 2. The van der Waals surface area contributed by atoms with Crippen LogP contribution in [0, 0.1) is 12.8 Å². The zero-order valence-electron chi connectivity index (χ0n) is 20.1. The van der Waals surface area contributed by atoms with E-state index in [1.807, 2.05) is 51.0 Å². The number of amides is 1. The molecule has 0 aliphatic rings. The molecule has 176 valence electrons. The largest absolute Gasteiger partial charge is 0.335 e. The molecule has 0 saturated heterocycles. The van der Waals surface area contributed by atoms with Crippen molar-refractivity contribution < 1.29 is 18.4 Å². The van der Waals surface area contributed by atoms with E-state index in [1.54, 1.807) is 4.90 Å². The summed E-state index contributed by atoms with van der Waals surface area (Å²) in [7, 11) is 0. The number of nitrogens with zero attached hydrogens (tertiary/aromatic N) is 1. The molecular formula is C27H37F2NO2. The molecule has 0 heterocycles. The first kappa shape index (κ1) is 29.2. The molecule has 0 N–H and O–H groups in total. The summed E-state index contributed by atoms with van der Waals surface area (Å²) in [5.74, 6) is -3.72. The molecule has 0 aliphatic heterocycles. The number of carbonyl (C=O) groups is 2. The number of benzene rings is 2. The zero-order chi connectivity index (χ0) is 24.9. The van der Waals surface area contributed by atoms with E-state index < -0.39 is 11.8 Å². The molecular weight excluding hydrogens is 408 g/mol. The Morgan fingerprint density at radius 1 is 1.06 bits per heavy atom. The zero-order valence-corrected chi connectivity index (χ0v) is 20.1. The van der Waals surface area contributed by atoms with E-state index in [4.69, 9.17) is 4.79 Å². The molecule has 0 bridgehead atoms. The van der Waals surface area contributed by atoms with Crippen LogP contribution < -0.4 is 0 Å². The van der Waals surface area contributed by atoms with Gasteiger partial charge in [-0.25, -0.2) is 8.78 Å². The number of hydrogen-bond donors (Lipinski definition) is 0. The molecule has 2 aromatic carbocycles. The van der Waals surface area contributed by atoms with Crippen molar-refractivity contribution in [3.8, 4) is 0 Å². The Hall–Kier alpha value is -2.82. The maximum Gasteiger partial charge on any atom is 0.254 e. The van der Waals surface area contributed by atoms with Crippen LogP contribution in [0.4, 0.5) is 8.78 Å². The standard InChI is InChI=1S/C24H31F2NO.C2H4.CH2O/c1-6-19-9-8-10-20(15-19)16-27(7-2)23(28)22-13-17(3)11-12-21(22)14-18(4)24(5,25)26;2*1-2/h8-13,15,18H,6-7,14,16H2,1-5H3;1-2H2;1H2. The van der Waals surface area contributed by atoms with Gasteiger partial charge >= 0.3 is 0 Å². The van der Waals surface area contributed by atoms with E-state index in [1.165, 1.54) is 12.5 Å². The van der Waals surface area contributed by atoms with E-state index in [0.717, 1.165) is 24.5 Å². The topological polar surface area (TPSA) is 37.4 Å². The van der Waals surface area contributed by atoms with Gasteiger partial charge in [-0.3, -0.25) is 4.79 Å². The predicted octanol–water partition coefficient (Wildman–Crippen LogP) is 6.67. The van der Waals surface area contributed by atoms with Gasteiger partial charge in [0.25, 0.3) is 5.91 Å². The van der Waals surface area contributed by atoms with Crippen LogP contribution in [-0.4, -0.2) is 30.1 Å². The third-order valence-corrected chi connectivity index (χ3v) is 5.33. The smallest absolute Gasteiger partial charge is 0.254 e. The monoisotopic (exact) mass is 445 g/mol. The third-order valence-electron chi connectivity index (χ3n) is 5.33. The van der Waals surface area contributed by atoms with E-state index in [0.29, 0.717) is 24.2 Å². The molecule has 1 unspecified atom stereocenters. The molecule has 0 saturated carbocycles. The van der Waals surface area contributed by atoms with Crippen LogP contribution in [0.2, 0.25) is 0 Å². The molecule has 0 spiro atoms. The van der Waals surface area contributed by atoms with Crippen molar-refractivity contribution in [3.05, 3.63) is 83.4 Å². The number of carbonyl (C=O) groups excluding carboxylic acids is 2. The Balaban J connectivity index is 0.00000227. The number of rotatable bonds is 8. The summed E-state index contributed by atoms with van der Waals surface area (Å²) in [6.45, 7) is 17.5. The summed E-state index contributed by atoms with van der Waals surface area (Å²) in [5.41, 5.74) is 4.48. The van der Waals surface area contributed by atoms with Crippen molar-refractivity contribution in [1.29, 1.82) is 0 Å². The maximum atomic E-state index is 13.7. The first-order valence-electron chi connectivity index (χ1n) is 10.8. The first-order valence-corrected chi connectivity index (χ1v) is 10.8. The molecule has 1 atom stereocenters. The Bertz CT molecular complexity index is 844. The summed E-state index contributed by atoms with van der Waals surface area (Å²) in [5, 5.41) is 0. The van der Waals surface area contributed by atoms with Gasteiger partial charge in [0.1, 0.15) is 6.79 Å². The Kier molecular flexibility index (Phi) is 13.0. The van der Waals surface area contributed by atoms with Crippen molar-refractivity contribution in [2.75, 3.05) is 6.54 Å². The van der Waals surface area contributed by atoms with Crippen LogP contribution >= 0.6 is 0 Å². The van der Waals surface area contributed by atoms with Crippen LogP contribution in [0.3, 0.4) is 0 Å². The quantitative estimate of drug-likeness (QED) is 0.426. The molecule has 2 rings (SSSR count). The molecule has 3 nitrogen and oxygen atoms in total. The second-order valence-electron chi connectivity index (χ2n) is 7.71. The minimum atomic E-state index is -2.78. The summed E-state index contributed by atoms with van der Waals surface area (Å²) in [4.78, 5) is 23.1. The Morgan fingerprint density at radius 3 is 2.19 bits per heavy atom. The van der Waals surface area contributed by atoms with Gasteiger partial charge in [0.15, 0.2) is 0 Å². The lowest BCUT2D eigenvalue weighted by Crippen LogP contribution is -2.32. The fraction of sp³-hybridized carbons (Fsp3) is 0.407. The van der Waals surface area contributed by atoms with Crippen molar-refractivity contribution >= 4 is 12.7 Å². The van der Waals surface area contributed by atoms with Crippen molar-refractivity contribution in [2.45, 2.75) is 59.9 Å². The average Bonchev–Trinajstić information content (AvgIpc) is 2.80. The van der Waals surface area contributed by atoms with E-state index in [9.17, 15) is 13.6 Å². The molecule has 0 aromatic heterocycles. The molecule has 5 heteroatoms. The van der Waals surface area contributed by atoms with Gasteiger partial charge in [0.05, 0.1) is 0 Å². The van der Waals surface area contributed by atoms with Gasteiger partial charge in [-0.15, -0.1) is 13.2 Å². The predicted molar refractivity (Wildman–Crippen MR) is 129 cm³/mol. The van der Waals surface area contributed by atoms with E-state index in [2.05, 4.69) is 32.2 Å². The Labute approximate surface area is 192 Å². The van der Waals surface area contributed by atoms with Gasteiger partial charge < -0.3 is 9.69 Å². The summed E-state index contributed by atoms with van der Waals surface area (Å²) < 4.78 is 27.4. The van der Waals surface area contributed by atoms with Gasteiger partial charge in [-0.1, -0.05) is 55.8 Å². The molecule has 32 heavy (non-hydrogen) atoms. The number of halogens is 2. The van der Waals surface area contributed by atoms with Gasteiger partial charge in [-0.05, 0) is 56.4 Å². The SMILES string of the molecule is C=C.C=O.CCc1cccc(CN(CC)C(=O)c2cc(C)ccc2CC(C)C(C)(F)F)c1. The highest BCUT2D eigenvalue weighted by atomic mass is 19.3. The molecule has 0 radical (unpaired) electrons. The summed E-state index contributed by atoms with van der Waals surface area (Å²) in [6, 6.07) is 13.7. The lowest BCUT2D eigenvalue weighted by atomic mass is 9.91. The van der Waals surface area contributed by atoms with Crippen LogP contribution in [-0.2, 0) is 24.2 Å². The molecule has 0 aliphatic carbocycles. The Morgan fingerprint density at radius 2 is 1.66 bits per heavy atom. The molecule has 2 aromatic rings. The van der Waals surface area contributed by atoms with Crippen LogP contribution in [0.25, 0.3) is 0 Å². The fourth-order valence-electron chi connectivity index (χ4n) is 3.24. The minimum Gasteiger partial charge on any atom is -0.335 e. The minimum absolute atomic E-state index is 0.102. The van der Waals surface area contributed by atoms with Crippen LogP contribution in [0.5, 0.6) is 0 Å². The second-order valence-corrected chi connectivity index (χ2v) is 7.71. The normalized spacial score (nSPS) is 11.3. The highest BCUT2D eigenvalue weighted by Gasteiger charge is 2.31. The highest BCUT2D eigenvalue weighted by Crippen LogP contribution is 2.28. The first-order chi connectivity index (χ1) is 15.2. The van der Waals surface area contributed by atoms with Crippen molar-refractivity contribution in [2.24, 2.45) is 5.92 Å². The lowest BCUT2D eigenvalue weighted by Gasteiger charge is -2.25. The lowest BCUT2D eigenvalue weighted by molar-refractivity contribution is -0.0980. The number of aryl methyl sites for hydroxylation is 2. The van der Waals surface area contributed by atoms with Crippen molar-refractivity contribution in [3.63, 3.8) is 0 Å². The maximum absolute atomic E-state index is 13.7. The van der Waals surface area contributed by atoms with Crippen molar-refractivity contribution in [1.82, 2.24) is 4.90 Å². The van der Waals surface area contributed by atoms with Gasteiger partial charge in [0.2, 0.25) is 5.92 Å². The van der Waals surface area contributed by atoms with Gasteiger partial charge in [0, 0.05) is 24.6 Å². The second kappa shape index (κ2) is 14.3.